The predicted molar refractivity (Wildman–Crippen MR) is 67.0 cm³/mol. The highest BCUT2D eigenvalue weighted by atomic mass is 79.9. The van der Waals surface area contributed by atoms with Gasteiger partial charge in [0.05, 0.1) is 0 Å². The first-order valence-electron chi connectivity index (χ1n) is 4.57. The van der Waals surface area contributed by atoms with Crippen LogP contribution in [0.3, 0.4) is 0 Å². The van der Waals surface area contributed by atoms with E-state index in [0.29, 0.717) is 12.1 Å². The van der Waals surface area contributed by atoms with Crippen LogP contribution in [0, 0.1) is 4.77 Å². The molecule has 2 rings (SSSR count). The molecule has 82 valence electrons. The van der Waals surface area contributed by atoms with Crippen molar-refractivity contribution in [3.05, 3.63) is 55.1 Å². The molecule has 0 bridgehead atoms. The summed E-state index contributed by atoms with van der Waals surface area (Å²) in [6.07, 6.45) is 0.481. The maximum Gasteiger partial charge on any atom is 0.273 e. The molecule has 0 aliphatic rings. The molecule has 0 aliphatic carbocycles. The van der Waals surface area contributed by atoms with Crippen LogP contribution in [0.5, 0.6) is 0 Å². The van der Waals surface area contributed by atoms with E-state index in [1.165, 1.54) is 0 Å². The molecule has 0 radical (unpaired) electrons. The molecular formula is C10H8BrN3OS. The number of benzene rings is 1. The van der Waals surface area contributed by atoms with E-state index in [1.807, 2.05) is 24.3 Å². The fourth-order valence-electron chi connectivity index (χ4n) is 1.29. The van der Waals surface area contributed by atoms with Crippen LogP contribution in [-0.2, 0) is 6.42 Å². The molecule has 4 nitrogen and oxygen atoms in total. The molecule has 2 N–H and O–H groups in total. The van der Waals surface area contributed by atoms with Crippen LogP contribution in [0.1, 0.15) is 11.3 Å². The molecule has 2 aromatic rings. The van der Waals surface area contributed by atoms with Crippen molar-refractivity contribution in [2.24, 2.45) is 0 Å². The molecule has 0 aliphatic heterocycles. The first-order chi connectivity index (χ1) is 7.65. The summed E-state index contributed by atoms with van der Waals surface area (Å²) in [6, 6.07) is 7.73. The van der Waals surface area contributed by atoms with Crippen molar-refractivity contribution in [1.82, 2.24) is 15.2 Å². The van der Waals surface area contributed by atoms with Crippen molar-refractivity contribution in [3.63, 3.8) is 0 Å². The summed E-state index contributed by atoms with van der Waals surface area (Å²) in [7, 11) is 0. The predicted octanol–water partition coefficient (Wildman–Crippen LogP) is 2.18. The molecule has 0 saturated heterocycles. The van der Waals surface area contributed by atoms with Crippen LogP contribution in [0.4, 0.5) is 0 Å². The minimum Gasteiger partial charge on any atom is -0.296 e. The third-order valence-corrected chi connectivity index (χ3v) is 2.79. The standard InChI is InChI=1S/C10H8BrN3OS/c11-7-3-1-6(2-4-7)5-8-9(15)12-10(16)14-13-8/h1-4H,5H2,(H2,12,14,15,16). The second-order valence-corrected chi connectivity index (χ2v) is 4.58. The van der Waals surface area contributed by atoms with Crippen molar-refractivity contribution in [3.8, 4) is 0 Å². The van der Waals surface area contributed by atoms with E-state index in [4.69, 9.17) is 12.2 Å². The molecule has 6 heteroatoms. The minimum atomic E-state index is -0.244. The van der Waals surface area contributed by atoms with E-state index in [9.17, 15) is 4.79 Å². The zero-order valence-electron chi connectivity index (χ0n) is 8.16. The van der Waals surface area contributed by atoms with E-state index in [0.717, 1.165) is 10.0 Å². The van der Waals surface area contributed by atoms with Gasteiger partial charge in [-0.2, -0.15) is 5.10 Å². The number of halogens is 1. The Morgan fingerprint density at radius 1 is 1.31 bits per heavy atom. The highest BCUT2D eigenvalue weighted by molar-refractivity contribution is 9.10. The van der Waals surface area contributed by atoms with E-state index in [1.54, 1.807) is 0 Å². The Morgan fingerprint density at radius 3 is 2.62 bits per heavy atom. The second kappa shape index (κ2) is 4.71. The second-order valence-electron chi connectivity index (χ2n) is 3.26. The van der Waals surface area contributed by atoms with Crippen LogP contribution in [0.2, 0.25) is 0 Å². The van der Waals surface area contributed by atoms with Gasteiger partial charge < -0.3 is 0 Å². The van der Waals surface area contributed by atoms with E-state index in [-0.39, 0.29) is 10.3 Å². The van der Waals surface area contributed by atoms with E-state index >= 15 is 0 Å². The van der Waals surface area contributed by atoms with Gasteiger partial charge in [0.1, 0.15) is 5.69 Å². The summed E-state index contributed by atoms with van der Waals surface area (Å²) in [5.41, 5.74) is 1.20. The molecule has 1 aromatic carbocycles. The number of nitrogens with zero attached hydrogens (tertiary/aromatic N) is 1. The average molecular weight is 298 g/mol. The van der Waals surface area contributed by atoms with Gasteiger partial charge >= 0.3 is 0 Å². The van der Waals surface area contributed by atoms with Crippen LogP contribution < -0.4 is 5.56 Å². The molecule has 0 unspecified atom stereocenters. The number of hydrogen-bond acceptors (Lipinski definition) is 3. The van der Waals surface area contributed by atoms with Crippen LogP contribution in [-0.4, -0.2) is 15.2 Å². The van der Waals surface area contributed by atoms with E-state index in [2.05, 4.69) is 31.1 Å². The fourth-order valence-corrected chi connectivity index (χ4v) is 1.69. The molecule has 1 aromatic heterocycles. The lowest BCUT2D eigenvalue weighted by Gasteiger charge is -1.99. The van der Waals surface area contributed by atoms with Gasteiger partial charge in [-0.25, -0.2) is 0 Å². The summed E-state index contributed by atoms with van der Waals surface area (Å²) in [5.74, 6) is 0. The number of rotatable bonds is 2. The number of aromatic nitrogens is 3. The summed E-state index contributed by atoms with van der Waals surface area (Å²) in [4.78, 5) is 14.0. The summed E-state index contributed by atoms with van der Waals surface area (Å²) in [6.45, 7) is 0. The first-order valence-corrected chi connectivity index (χ1v) is 5.77. The smallest absolute Gasteiger partial charge is 0.273 e. The topological polar surface area (TPSA) is 61.5 Å². The van der Waals surface area contributed by atoms with Gasteiger partial charge in [-0.05, 0) is 29.9 Å². The lowest BCUT2D eigenvalue weighted by atomic mass is 10.1. The van der Waals surface area contributed by atoms with Gasteiger partial charge in [-0.15, -0.1) is 0 Å². The monoisotopic (exact) mass is 297 g/mol. The summed E-state index contributed by atoms with van der Waals surface area (Å²) in [5, 5.41) is 6.48. The van der Waals surface area contributed by atoms with Gasteiger partial charge in [0, 0.05) is 10.9 Å². The molecule has 16 heavy (non-hydrogen) atoms. The maximum absolute atomic E-state index is 11.5. The van der Waals surface area contributed by atoms with Crippen molar-refractivity contribution < 1.29 is 0 Å². The quantitative estimate of drug-likeness (QED) is 0.835. The van der Waals surface area contributed by atoms with E-state index < -0.39 is 0 Å². The molecular weight excluding hydrogens is 290 g/mol. The third kappa shape index (κ3) is 2.65. The van der Waals surface area contributed by atoms with Crippen LogP contribution in [0.15, 0.2) is 33.5 Å². The van der Waals surface area contributed by atoms with Gasteiger partial charge in [-0.1, -0.05) is 28.1 Å². The average Bonchev–Trinajstić information content (AvgIpc) is 2.25. The Balaban J connectivity index is 2.30. The number of nitrogens with one attached hydrogen (secondary N) is 2. The Bertz CT molecular complexity index is 602. The zero-order valence-corrected chi connectivity index (χ0v) is 10.6. The Hall–Kier alpha value is -1.27. The molecule has 1 heterocycles. The first kappa shape index (κ1) is 11.2. The highest BCUT2D eigenvalue weighted by Crippen LogP contribution is 2.11. The van der Waals surface area contributed by atoms with Crippen LogP contribution >= 0.6 is 28.1 Å². The van der Waals surface area contributed by atoms with Crippen molar-refractivity contribution in [1.29, 1.82) is 0 Å². The van der Waals surface area contributed by atoms with Crippen molar-refractivity contribution >= 4 is 28.1 Å². The lowest BCUT2D eigenvalue weighted by molar-refractivity contribution is 0.851. The Labute approximate surface area is 105 Å². The summed E-state index contributed by atoms with van der Waals surface area (Å²) >= 11 is 8.11. The zero-order chi connectivity index (χ0) is 11.5. The van der Waals surface area contributed by atoms with Gasteiger partial charge in [0.25, 0.3) is 5.56 Å². The SMILES string of the molecule is O=c1[nH]c(=S)[nH]nc1Cc1ccc(Br)cc1. The lowest BCUT2D eigenvalue weighted by Crippen LogP contribution is -2.16. The molecule has 0 amide bonds. The minimum absolute atomic E-state index is 0.240. The van der Waals surface area contributed by atoms with Gasteiger partial charge in [0.15, 0.2) is 4.77 Å². The fraction of sp³-hybridized carbons (Fsp3) is 0.100. The highest BCUT2D eigenvalue weighted by Gasteiger charge is 2.02. The Kier molecular flexibility index (Phi) is 3.31. The van der Waals surface area contributed by atoms with Crippen molar-refractivity contribution in [2.45, 2.75) is 6.42 Å². The largest absolute Gasteiger partial charge is 0.296 e. The molecule has 0 fully saturated rings. The number of H-pyrrole nitrogens is 2. The molecule has 0 saturated carbocycles. The van der Waals surface area contributed by atoms with Gasteiger partial charge in [-0.3, -0.25) is 14.9 Å². The van der Waals surface area contributed by atoms with Crippen LogP contribution in [0.25, 0.3) is 0 Å². The normalized spacial score (nSPS) is 10.3. The van der Waals surface area contributed by atoms with Crippen molar-refractivity contribution in [2.75, 3.05) is 0 Å². The van der Waals surface area contributed by atoms with Gasteiger partial charge in [0.2, 0.25) is 0 Å². The maximum atomic E-state index is 11.5. The Morgan fingerprint density at radius 2 is 2.00 bits per heavy atom. The third-order valence-electron chi connectivity index (χ3n) is 2.07. The summed E-state index contributed by atoms with van der Waals surface area (Å²) < 4.78 is 1.25. The number of aromatic amines is 2. The molecule has 0 spiro atoms. The number of hydrogen-bond donors (Lipinski definition) is 2. The molecule has 0 atom stereocenters.